The van der Waals surface area contributed by atoms with Gasteiger partial charge in [-0.1, -0.05) is 0 Å². The van der Waals surface area contributed by atoms with Crippen LogP contribution in [0.5, 0.6) is 0 Å². The van der Waals surface area contributed by atoms with E-state index >= 15 is 0 Å². The molecule has 0 spiro atoms. The predicted octanol–water partition coefficient (Wildman–Crippen LogP) is 1.54. The third-order valence-corrected chi connectivity index (χ3v) is 2.97. The molecule has 0 bridgehead atoms. The van der Waals surface area contributed by atoms with Crippen LogP contribution in [0.15, 0.2) is 10.9 Å². The van der Waals surface area contributed by atoms with Gasteiger partial charge in [0, 0.05) is 18.9 Å². The van der Waals surface area contributed by atoms with Crippen molar-refractivity contribution in [3.8, 4) is 0 Å². The Hall–Kier alpha value is -1.62. The Morgan fingerprint density at radius 3 is 2.44 bits per heavy atom. The first-order chi connectivity index (χ1) is 8.22. The summed E-state index contributed by atoms with van der Waals surface area (Å²) in [7, 11) is 1.55. The Balaban J connectivity index is 3.60. The van der Waals surface area contributed by atoms with Crippen molar-refractivity contribution in [2.24, 2.45) is 0 Å². The number of carboxylic acids is 1. The van der Waals surface area contributed by atoms with Crippen LogP contribution < -0.4 is 5.56 Å². The second-order valence-corrected chi connectivity index (χ2v) is 5.01. The molecule has 0 fully saturated rings. The van der Waals surface area contributed by atoms with Gasteiger partial charge >= 0.3 is 5.97 Å². The van der Waals surface area contributed by atoms with Crippen molar-refractivity contribution >= 4 is 5.97 Å². The molecule has 1 aromatic heterocycles. The lowest BCUT2D eigenvalue weighted by molar-refractivity contribution is 0.0690. The number of aromatic carboxylic acids is 1. The number of pyridine rings is 1. The normalized spacial score (nSPS) is 11.6. The minimum Gasteiger partial charge on any atom is -0.478 e. The van der Waals surface area contributed by atoms with E-state index in [-0.39, 0.29) is 11.1 Å². The van der Waals surface area contributed by atoms with Crippen LogP contribution in [-0.4, -0.2) is 29.4 Å². The molecular weight excluding hydrogens is 234 g/mol. The van der Waals surface area contributed by atoms with Crippen molar-refractivity contribution in [3.63, 3.8) is 0 Å². The summed E-state index contributed by atoms with van der Waals surface area (Å²) in [6, 6.07) is 1.36. The first-order valence-electron chi connectivity index (χ1n) is 5.68. The number of nitrogens with zero attached hydrogens (tertiary/aromatic N) is 1. The fourth-order valence-electron chi connectivity index (χ4n) is 2.38. The molecule has 18 heavy (non-hydrogen) atoms. The second kappa shape index (κ2) is 4.94. The minimum atomic E-state index is -1.02. The summed E-state index contributed by atoms with van der Waals surface area (Å²) in [6.45, 7) is 7.29. The first-order valence-corrected chi connectivity index (χ1v) is 5.68. The number of carboxylic acid groups (broad SMARTS) is 1. The summed E-state index contributed by atoms with van der Waals surface area (Å²) in [6.07, 6.45) is 0. The van der Waals surface area contributed by atoms with Crippen LogP contribution in [0.3, 0.4) is 0 Å². The summed E-state index contributed by atoms with van der Waals surface area (Å²) < 4.78 is 6.57. The van der Waals surface area contributed by atoms with E-state index in [0.717, 1.165) is 0 Å². The van der Waals surface area contributed by atoms with E-state index in [1.165, 1.54) is 10.6 Å². The highest BCUT2D eigenvalue weighted by molar-refractivity contribution is 5.90. The van der Waals surface area contributed by atoms with Crippen molar-refractivity contribution in [3.05, 3.63) is 33.2 Å². The van der Waals surface area contributed by atoms with Gasteiger partial charge in [-0.25, -0.2) is 4.79 Å². The van der Waals surface area contributed by atoms with E-state index in [9.17, 15) is 14.7 Å². The second-order valence-electron chi connectivity index (χ2n) is 5.01. The van der Waals surface area contributed by atoms with Crippen LogP contribution in [0.25, 0.3) is 0 Å². The maximum absolute atomic E-state index is 12.1. The molecule has 0 aliphatic heterocycles. The highest BCUT2D eigenvalue weighted by Gasteiger charge is 2.26. The van der Waals surface area contributed by atoms with E-state index < -0.39 is 11.5 Å². The molecule has 0 aliphatic carbocycles. The van der Waals surface area contributed by atoms with Crippen molar-refractivity contribution < 1.29 is 14.6 Å². The summed E-state index contributed by atoms with van der Waals surface area (Å²) >= 11 is 0. The molecule has 5 heteroatoms. The monoisotopic (exact) mass is 253 g/mol. The number of aryl methyl sites for hydroxylation is 1. The van der Waals surface area contributed by atoms with Gasteiger partial charge in [0.05, 0.1) is 17.7 Å². The van der Waals surface area contributed by atoms with Crippen molar-refractivity contribution in [2.45, 2.75) is 33.2 Å². The zero-order valence-electron chi connectivity index (χ0n) is 11.4. The van der Waals surface area contributed by atoms with Crippen molar-refractivity contribution in [1.29, 1.82) is 0 Å². The molecule has 1 heterocycles. The summed E-state index contributed by atoms with van der Waals surface area (Å²) in [5.74, 6) is -1.02. The molecule has 0 unspecified atom stereocenters. The summed E-state index contributed by atoms with van der Waals surface area (Å²) in [5.41, 5.74) is 0.313. The van der Waals surface area contributed by atoms with Gasteiger partial charge in [-0.3, -0.25) is 4.79 Å². The molecular formula is C13H19NO4. The van der Waals surface area contributed by atoms with E-state index in [1.807, 2.05) is 13.8 Å². The van der Waals surface area contributed by atoms with Gasteiger partial charge in [-0.2, -0.15) is 0 Å². The van der Waals surface area contributed by atoms with Gasteiger partial charge in [0.2, 0.25) is 0 Å². The third kappa shape index (κ3) is 2.46. The quantitative estimate of drug-likeness (QED) is 0.883. The lowest BCUT2D eigenvalue weighted by Gasteiger charge is -2.29. The molecule has 0 saturated carbocycles. The predicted molar refractivity (Wildman–Crippen MR) is 68.3 cm³/mol. The van der Waals surface area contributed by atoms with Crippen LogP contribution in [0.2, 0.25) is 0 Å². The highest BCUT2D eigenvalue weighted by atomic mass is 16.5. The molecule has 0 aromatic carbocycles. The highest BCUT2D eigenvalue weighted by Crippen LogP contribution is 2.19. The number of methoxy groups -OCH3 is 1. The fraction of sp³-hybridized carbons (Fsp3) is 0.538. The minimum absolute atomic E-state index is 0.179. The van der Waals surface area contributed by atoms with Crippen molar-refractivity contribution in [1.82, 2.24) is 4.57 Å². The number of hydrogen-bond donors (Lipinski definition) is 1. The maximum Gasteiger partial charge on any atom is 0.337 e. The van der Waals surface area contributed by atoms with Crippen LogP contribution >= 0.6 is 0 Å². The molecule has 1 rings (SSSR count). The number of aromatic nitrogens is 1. The van der Waals surface area contributed by atoms with E-state index in [1.54, 1.807) is 21.0 Å². The van der Waals surface area contributed by atoms with Crippen LogP contribution in [-0.2, 0) is 10.3 Å². The van der Waals surface area contributed by atoms with Crippen LogP contribution in [0.4, 0.5) is 0 Å². The fourth-order valence-corrected chi connectivity index (χ4v) is 2.38. The molecule has 0 aliphatic rings. The van der Waals surface area contributed by atoms with Gasteiger partial charge in [-0.05, 0) is 33.3 Å². The Morgan fingerprint density at radius 2 is 2.00 bits per heavy atom. The Kier molecular flexibility index (Phi) is 3.96. The molecule has 1 aromatic rings. The first kappa shape index (κ1) is 14.4. The smallest absolute Gasteiger partial charge is 0.337 e. The molecule has 1 N–H and O–H groups in total. The maximum atomic E-state index is 12.1. The third-order valence-electron chi connectivity index (χ3n) is 2.97. The SMILES string of the molecule is COCC(C)(C)n1c(C)c(C(=O)O)c(C)cc1=O. The van der Waals surface area contributed by atoms with Gasteiger partial charge in [0.1, 0.15) is 0 Å². The summed E-state index contributed by atoms with van der Waals surface area (Å²) in [5, 5.41) is 9.21. The Morgan fingerprint density at radius 1 is 1.44 bits per heavy atom. The lowest BCUT2D eigenvalue weighted by atomic mass is 10.0. The largest absolute Gasteiger partial charge is 0.478 e. The number of ether oxygens (including phenoxy) is 1. The standard InChI is InChI=1S/C13H19NO4/c1-8-6-10(15)14(13(3,4)7-18-5)9(2)11(8)12(16)17/h6H,7H2,1-5H3,(H,16,17). The lowest BCUT2D eigenvalue weighted by Crippen LogP contribution is -2.42. The molecule has 0 radical (unpaired) electrons. The van der Waals surface area contributed by atoms with E-state index in [0.29, 0.717) is 17.9 Å². The van der Waals surface area contributed by atoms with Crippen LogP contribution in [0, 0.1) is 13.8 Å². The van der Waals surface area contributed by atoms with Gasteiger partial charge in [0.25, 0.3) is 5.56 Å². The average Bonchev–Trinajstić information content (AvgIpc) is 2.14. The molecule has 5 nitrogen and oxygen atoms in total. The average molecular weight is 253 g/mol. The topological polar surface area (TPSA) is 68.5 Å². The van der Waals surface area contributed by atoms with Gasteiger partial charge < -0.3 is 14.4 Å². The molecule has 0 atom stereocenters. The molecule has 0 amide bonds. The number of hydrogen-bond acceptors (Lipinski definition) is 3. The Labute approximate surface area is 106 Å². The van der Waals surface area contributed by atoms with Gasteiger partial charge in [-0.15, -0.1) is 0 Å². The zero-order valence-corrected chi connectivity index (χ0v) is 11.4. The van der Waals surface area contributed by atoms with E-state index in [2.05, 4.69) is 0 Å². The van der Waals surface area contributed by atoms with E-state index in [4.69, 9.17) is 4.74 Å². The van der Waals surface area contributed by atoms with Gasteiger partial charge in [0.15, 0.2) is 0 Å². The van der Waals surface area contributed by atoms with Crippen molar-refractivity contribution in [2.75, 3.05) is 13.7 Å². The molecule has 100 valence electrons. The summed E-state index contributed by atoms with van der Waals surface area (Å²) in [4.78, 5) is 23.3. The van der Waals surface area contributed by atoms with Crippen LogP contribution in [0.1, 0.15) is 35.5 Å². The number of rotatable bonds is 4. The zero-order chi connectivity index (χ0) is 14.1. The molecule has 0 saturated heterocycles. The Bertz CT molecular complexity index is 529. The number of carbonyl (C=O) groups is 1.